The SMILES string of the molecule is Cc1ccc(S(=O)(=O)N2CCNCC2C)c(Br)c1.Cl. The highest BCUT2D eigenvalue weighted by Gasteiger charge is 2.32. The van der Waals surface area contributed by atoms with Gasteiger partial charge in [-0.05, 0) is 47.5 Å². The molecule has 0 amide bonds. The molecule has 0 saturated carbocycles. The zero-order valence-electron chi connectivity index (χ0n) is 10.9. The second-order valence-corrected chi connectivity index (χ2v) is 7.32. The standard InChI is InChI=1S/C12H17BrN2O2S.ClH/c1-9-3-4-12(11(13)7-9)18(16,17)15-6-5-14-8-10(15)2;/h3-4,7,10,14H,5-6,8H2,1-2H3;1H. The van der Waals surface area contributed by atoms with Gasteiger partial charge in [0.1, 0.15) is 0 Å². The summed E-state index contributed by atoms with van der Waals surface area (Å²) in [4.78, 5) is 0.349. The van der Waals surface area contributed by atoms with E-state index in [0.29, 0.717) is 29.0 Å². The average Bonchev–Trinajstić information content (AvgIpc) is 2.28. The lowest BCUT2D eigenvalue weighted by molar-refractivity contribution is 0.283. The Balaban J connectivity index is 0.00000180. The van der Waals surface area contributed by atoms with Gasteiger partial charge in [0.2, 0.25) is 10.0 Å². The van der Waals surface area contributed by atoms with Gasteiger partial charge in [0.25, 0.3) is 0 Å². The van der Waals surface area contributed by atoms with E-state index in [4.69, 9.17) is 0 Å². The van der Waals surface area contributed by atoms with Gasteiger partial charge in [0.15, 0.2) is 0 Å². The second-order valence-electron chi connectivity index (χ2n) is 4.60. The smallest absolute Gasteiger partial charge is 0.244 e. The van der Waals surface area contributed by atoms with Crippen molar-refractivity contribution in [2.45, 2.75) is 24.8 Å². The number of piperazine rings is 1. The first-order chi connectivity index (χ1) is 8.43. The number of halogens is 2. The third-order valence-electron chi connectivity index (χ3n) is 3.11. The average molecular weight is 370 g/mol. The lowest BCUT2D eigenvalue weighted by Gasteiger charge is -2.33. The van der Waals surface area contributed by atoms with Crippen LogP contribution in [-0.2, 0) is 10.0 Å². The van der Waals surface area contributed by atoms with Crippen molar-refractivity contribution >= 4 is 38.4 Å². The quantitative estimate of drug-likeness (QED) is 0.869. The molecule has 4 nitrogen and oxygen atoms in total. The molecule has 1 aromatic rings. The topological polar surface area (TPSA) is 49.4 Å². The van der Waals surface area contributed by atoms with Gasteiger partial charge in [-0.25, -0.2) is 8.42 Å². The maximum Gasteiger partial charge on any atom is 0.244 e. The van der Waals surface area contributed by atoms with Crippen molar-refractivity contribution in [3.63, 3.8) is 0 Å². The molecule has 19 heavy (non-hydrogen) atoms. The molecule has 1 aliphatic rings. The Morgan fingerprint density at radius 1 is 1.42 bits per heavy atom. The maximum atomic E-state index is 12.6. The molecular formula is C12H18BrClN2O2S. The van der Waals surface area contributed by atoms with Gasteiger partial charge in [-0.1, -0.05) is 6.07 Å². The summed E-state index contributed by atoms with van der Waals surface area (Å²) in [6.07, 6.45) is 0. The molecule has 0 spiro atoms. The van der Waals surface area contributed by atoms with E-state index in [1.165, 1.54) is 0 Å². The number of rotatable bonds is 2. The van der Waals surface area contributed by atoms with Crippen LogP contribution in [0.5, 0.6) is 0 Å². The summed E-state index contributed by atoms with van der Waals surface area (Å²) < 4.78 is 27.4. The monoisotopic (exact) mass is 368 g/mol. The Morgan fingerprint density at radius 2 is 2.11 bits per heavy atom. The van der Waals surface area contributed by atoms with E-state index < -0.39 is 10.0 Å². The van der Waals surface area contributed by atoms with Crippen LogP contribution in [-0.4, -0.2) is 38.4 Å². The van der Waals surface area contributed by atoms with Crippen LogP contribution in [0, 0.1) is 6.92 Å². The summed E-state index contributed by atoms with van der Waals surface area (Å²) in [7, 11) is -3.41. The van der Waals surface area contributed by atoms with E-state index >= 15 is 0 Å². The van der Waals surface area contributed by atoms with Crippen LogP contribution in [0.3, 0.4) is 0 Å². The third kappa shape index (κ3) is 3.49. The Labute approximate surface area is 129 Å². The molecule has 1 N–H and O–H groups in total. The van der Waals surface area contributed by atoms with Crippen molar-refractivity contribution in [1.29, 1.82) is 0 Å². The largest absolute Gasteiger partial charge is 0.314 e. The van der Waals surface area contributed by atoms with Crippen LogP contribution in [0.2, 0.25) is 0 Å². The van der Waals surface area contributed by atoms with Gasteiger partial charge in [-0.15, -0.1) is 12.4 Å². The van der Waals surface area contributed by atoms with Gasteiger partial charge in [-0.2, -0.15) is 4.31 Å². The molecule has 0 aromatic heterocycles. The van der Waals surface area contributed by atoms with Crippen LogP contribution in [0.1, 0.15) is 12.5 Å². The molecule has 1 fully saturated rings. The number of hydrogen-bond donors (Lipinski definition) is 1. The minimum Gasteiger partial charge on any atom is -0.314 e. The molecule has 1 aliphatic heterocycles. The fraction of sp³-hybridized carbons (Fsp3) is 0.500. The first-order valence-electron chi connectivity index (χ1n) is 5.91. The summed E-state index contributed by atoms with van der Waals surface area (Å²) in [6, 6.07) is 5.31. The Kier molecular flexibility index (Phi) is 5.82. The predicted molar refractivity (Wildman–Crippen MR) is 82.4 cm³/mol. The fourth-order valence-electron chi connectivity index (χ4n) is 2.12. The minimum atomic E-state index is -3.41. The molecule has 1 atom stereocenters. The Bertz CT molecular complexity index is 551. The molecule has 0 aliphatic carbocycles. The van der Waals surface area contributed by atoms with Gasteiger partial charge < -0.3 is 5.32 Å². The van der Waals surface area contributed by atoms with Crippen molar-refractivity contribution in [2.24, 2.45) is 0 Å². The number of nitrogens with one attached hydrogen (secondary N) is 1. The molecule has 1 unspecified atom stereocenters. The fourth-order valence-corrected chi connectivity index (χ4v) is 4.91. The lowest BCUT2D eigenvalue weighted by Crippen LogP contribution is -2.52. The van der Waals surface area contributed by atoms with Crippen molar-refractivity contribution in [2.75, 3.05) is 19.6 Å². The van der Waals surface area contributed by atoms with Gasteiger partial charge in [-0.3, -0.25) is 0 Å². The van der Waals surface area contributed by atoms with Crippen LogP contribution >= 0.6 is 28.3 Å². The predicted octanol–water partition coefficient (Wildman–Crippen LogP) is 2.16. The van der Waals surface area contributed by atoms with E-state index in [1.807, 2.05) is 26.0 Å². The molecule has 108 valence electrons. The lowest BCUT2D eigenvalue weighted by atomic mass is 10.2. The highest BCUT2D eigenvalue weighted by molar-refractivity contribution is 9.10. The summed E-state index contributed by atoms with van der Waals surface area (Å²) >= 11 is 3.35. The normalized spacial score (nSPS) is 20.9. The zero-order chi connectivity index (χ0) is 13.3. The van der Waals surface area contributed by atoms with E-state index in [2.05, 4.69) is 21.2 Å². The summed E-state index contributed by atoms with van der Waals surface area (Å²) in [5.74, 6) is 0. The number of aryl methyl sites for hydroxylation is 1. The van der Waals surface area contributed by atoms with E-state index in [-0.39, 0.29) is 18.4 Å². The van der Waals surface area contributed by atoms with Gasteiger partial charge in [0.05, 0.1) is 4.90 Å². The Hall–Kier alpha value is -0.140. The molecule has 7 heteroatoms. The number of nitrogens with zero attached hydrogens (tertiary/aromatic N) is 1. The van der Waals surface area contributed by atoms with Crippen LogP contribution in [0.4, 0.5) is 0 Å². The first kappa shape index (κ1) is 16.9. The maximum absolute atomic E-state index is 12.6. The molecule has 1 aromatic carbocycles. The van der Waals surface area contributed by atoms with E-state index in [0.717, 1.165) is 5.56 Å². The highest BCUT2D eigenvalue weighted by Crippen LogP contribution is 2.27. The zero-order valence-corrected chi connectivity index (χ0v) is 14.1. The van der Waals surface area contributed by atoms with Crippen LogP contribution < -0.4 is 5.32 Å². The highest BCUT2D eigenvalue weighted by atomic mass is 79.9. The number of hydrogen-bond acceptors (Lipinski definition) is 3. The molecule has 2 rings (SSSR count). The molecule has 0 radical (unpaired) electrons. The molecule has 1 heterocycles. The van der Waals surface area contributed by atoms with Gasteiger partial charge >= 0.3 is 0 Å². The Morgan fingerprint density at radius 3 is 2.68 bits per heavy atom. The number of sulfonamides is 1. The minimum absolute atomic E-state index is 0. The molecular weight excluding hydrogens is 352 g/mol. The van der Waals surface area contributed by atoms with Crippen LogP contribution in [0.25, 0.3) is 0 Å². The summed E-state index contributed by atoms with van der Waals surface area (Å²) in [5.41, 5.74) is 1.04. The first-order valence-corrected chi connectivity index (χ1v) is 8.15. The van der Waals surface area contributed by atoms with Crippen molar-refractivity contribution in [1.82, 2.24) is 9.62 Å². The van der Waals surface area contributed by atoms with Crippen molar-refractivity contribution < 1.29 is 8.42 Å². The van der Waals surface area contributed by atoms with Crippen molar-refractivity contribution in [3.8, 4) is 0 Å². The number of benzene rings is 1. The van der Waals surface area contributed by atoms with Gasteiger partial charge in [0, 0.05) is 30.1 Å². The summed E-state index contributed by atoms with van der Waals surface area (Å²) in [6.45, 7) is 5.78. The molecule has 0 bridgehead atoms. The molecule has 1 saturated heterocycles. The second kappa shape index (κ2) is 6.54. The third-order valence-corrected chi connectivity index (χ3v) is 6.10. The van der Waals surface area contributed by atoms with Crippen LogP contribution in [0.15, 0.2) is 27.6 Å². The van der Waals surface area contributed by atoms with E-state index in [9.17, 15) is 8.42 Å². The van der Waals surface area contributed by atoms with E-state index in [1.54, 1.807) is 10.4 Å². The summed E-state index contributed by atoms with van der Waals surface area (Å²) in [5, 5.41) is 3.19. The van der Waals surface area contributed by atoms with Crippen molar-refractivity contribution in [3.05, 3.63) is 28.2 Å².